The fourth-order valence-corrected chi connectivity index (χ4v) is 4.53. The lowest BCUT2D eigenvalue weighted by molar-refractivity contribution is -0.140. The van der Waals surface area contributed by atoms with Crippen LogP contribution < -0.4 is 10.6 Å². The van der Waals surface area contributed by atoms with Crippen LogP contribution in [0.5, 0.6) is 0 Å². The zero-order valence-electron chi connectivity index (χ0n) is 21.8. The Morgan fingerprint density at radius 2 is 1.92 bits per heavy atom. The van der Waals surface area contributed by atoms with Crippen molar-refractivity contribution in [1.82, 2.24) is 14.9 Å². The lowest BCUT2D eigenvalue weighted by Crippen LogP contribution is -2.36. The van der Waals surface area contributed by atoms with Crippen LogP contribution in [0.25, 0.3) is 10.9 Å². The van der Waals surface area contributed by atoms with Gasteiger partial charge in [-0.1, -0.05) is 12.0 Å². The Kier molecular flexibility index (Phi) is 8.30. The summed E-state index contributed by atoms with van der Waals surface area (Å²) in [7, 11) is 0. The highest BCUT2D eigenvalue weighted by Gasteiger charge is 2.30. The SMILES string of the molecule is CC(NC1CCOCC1)c1ccc2c(c1)cc(C#CCNc1ccc(C(C)(C)C#N)nc1)n2CC(F)(F)F. The molecule has 0 amide bonds. The summed E-state index contributed by atoms with van der Waals surface area (Å²) in [5, 5.41) is 16.7. The van der Waals surface area contributed by atoms with Crippen molar-refractivity contribution >= 4 is 16.6 Å². The van der Waals surface area contributed by atoms with Gasteiger partial charge in [-0.15, -0.1) is 0 Å². The molecule has 0 aliphatic carbocycles. The number of fused-ring (bicyclic) bond motifs is 1. The van der Waals surface area contributed by atoms with Crippen LogP contribution in [-0.2, 0) is 16.7 Å². The number of nitrogens with one attached hydrogen (secondary N) is 2. The molecule has 2 N–H and O–H groups in total. The first kappa shape index (κ1) is 27.5. The fraction of sp³-hybridized carbons (Fsp3) is 0.448. The summed E-state index contributed by atoms with van der Waals surface area (Å²) in [6.07, 6.45) is -0.865. The molecule has 4 rings (SSSR count). The lowest BCUT2D eigenvalue weighted by Gasteiger charge is -2.27. The van der Waals surface area contributed by atoms with Crippen LogP contribution in [0.15, 0.2) is 42.6 Å². The van der Waals surface area contributed by atoms with Crippen molar-refractivity contribution in [2.45, 2.75) is 63.8 Å². The van der Waals surface area contributed by atoms with Crippen LogP contribution in [0.3, 0.4) is 0 Å². The van der Waals surface area contributed by atoms with Crippen LogP contribution in [-0.4, -0.2) is 41.5 Å². The fourth-order valence-electron chi connectivity index (χ4n) is 4.53. The van der Waals surface area contributed by atoms with Gasteiger partial charge >= 0.3 is 6.18 Å². The molecule has 0 spiro atoms. The van der Waals surface area contributed by atoms with Crippen molar-refractivity contribution in [2.75, 3.05) is 25.1 Å². The summed E-state index contributed by atoms with van der Waals surface area (Å²) in [6, 6.07) is 13.5. The van der Waals surface area contributed by atoms with Gasteiger partial charge < -0.3 is 19.9 Å². The molecular weight excluding hydrogens is 491 g/mol. The van der Waals surface area contributed by atoms with Gasteiger partial charge in [0.2, 0.25) is 0 Å². The standard InChI is InChI=1S/C29H32F3N5O/c1-20(36-23-10-13-38-14-11-23)21-6-8-26-22(15-21)16-25(37(26)19-29(30,31)32)5-4-12-34-24-7-9-27(35-17-24)28(2,3)18-33/h6-9,15-17,20,23,34,36H,10-14,19H2,1-3H3. The van der Waals surface area contributed by atoms with E-state index in [0.717, 1.165) is 37.0 Å². The number of nitriles is 1. The second-order valence-corrected chi connectivity index (χ2v) is 10.1. The average molecular weight is 524 g/mol. The smallest absolute Gasteiger partial charge is 0.381 e. The van der Waals surface area contributed by atoms with E-state index < -0.39 is 18.1 Å². The number of pyridine rings is 1. The molecule has 200 valence electrons. The third kappa shape index (κ3) is 6.86. The number of benzene rings is 1. The Hall–Kier alpha value is -3.53. The van der Waals surface area contributed by atoms with Gasteiger partial charge in [0.25, 0.3) is 0 Å². The summed E-state index contributed by atoms with van der Waals surface area (Å²) < 4.78 is 46.9. The van der Waals surface area contributed by atoms with Gasteiger partial charge in [-0.3, -0.25) is 4.98 Å². The van der Waals surface area contributed by atoms with Crippen LogP contribution in [0.1, 0.15) is 56.6 Å². The second-order valence-electron chi connectivity index (χ2n) is 10.1. The topological polar surface area (TPSA) is 74.9 Å². The highest BCUT2D eigenvalue weighted by Crippen LogP contribution is 2.28. The first-order valence-corrected chi connectivity index (χ1v) is 12.7. The van der Waals surface area contributed by atoms with Crippen molar-refractivity contribution in [2.24, 2.45) is 0 Å². The van der Waals surface area contributed by atoms with Gasteiger partial charge in [0.05, 0.1) is 41.3 Å². The van der Waals surface area contributed by atoms with Crippen molar-refractivity contribution < 1.29 is 17.9 Å². The minimum Gasteiger partial charge on any atom is -0.381 e. The summed E-state index contributed by atoms with van der Waals surface area (Å²) in [6.45, 7) is 6.25. The Morgan fingerprint density at radius 1 is 1.16 bits per heavy atom. The number of aromatic nitrogens is 2. The summed E-state index contributed by atoms with van der Waals surface area (Å²) in [5.41, 5.74) is 2.51. The zero-order chi connectivity index (χ0) is 27.3. The molecule has 0 bridgehead atoms. The number of hydrogen-bond donors (Lipinski definition) is 2. The Balaban J connectivity index is 1.51. The monoisotopic (exact) mass is 523 g/mol. The van der Waals surface area contributed by atoms with E-state index in [4.69, 9.17) is 4.74 Å². The molecular formula is C29H32F3N5O. The molecule has 1 aliphatic heterocycles. The molecule has 38 heavy (non-hydrogen) atoms. The summed E-state index contributed by atoms with van der Waals surface area (Å²) in [5.74, 6) is 5.84. The van der Waals surface area contributed by atoms with E-state index in [1.54, 1.807) is 44.3 Å². The number of hydrogen-bond acceptors (Lipinski definition) is 5. The maximum Gasteiger partial charge on any atom is 0.406 e. The molecule has 1 aliphatic rings. The average Bonchev–Trinajstić information content (AvgIpc) is 3.22. The third-order valence-electron chi connectivity index (χ3n) is 6.75. The predicted octanol–water partition coefficient (Wildman–Crippen LogP) is 5.69. The highest BCUT2D eigenvalue weighted by molar-refractivity contribution is 5.83. The van der Waals surface area contributed by atoms with Gasteiger partial charge in [-0.05, 0) is 75.4 Å². The minimum atomic E-state index is -4.37. The molecule has 0 radical (unpaired) electrons. The molecule has 9 heteroatoms. The van der Waals surface area contributed by atoms with Gasteiger partial charge in [0.1, 0.15) is 6.54 Å². The molecule has 1 atom stereocenters. The molecule has 3 aromatic rings. The molecule has 6 nitrogen and oxygen atoms in total. The van der Waals surface area contributed by atoms with E-state index in [2.05, 4.69) is 40.5 Å². The number of alkyl halides is 3. The number of anilines is 1. The summed E-state index contributed by atoms with van der Waals surface area (Å²) >= 11 is 0. The Morgan fingerprint density at radius 3 is 2.58 bits per heavy atom. The van der Waals surface area contributed by atoms with Crippen molar-refractivity contribution in [3.8, 4) is 17.9 Å². The van der Waals surface area contributed by atoms with Crippen LogP contribution in [0.4, 0.5) is 18.9 Å². The molecule has 1 fully saturated rings. The molecule has 1 aromatic carbocycles. The highest BCUT2D eigenvalue weighted by atomic mass is 19.4. The van der Waals surface area contributed by atoms with Crippen molar-refractivity contribution in [3.63, 3.8) is 0 Å². The van der Waals surface area contributed by atoms with E-state index in [1.165, 1.54) is 4.57 Å². The van der Waals surface area contributed by atoms with Crippen molar-refractivity contribution in [3.05, 3.63) is 59.5 Å². The maximum absolute atomic E-state index is 13.4. The largest absolute Gasteiger partial charge is 0.406 e. The first-order valence-electron chi connectivity index (χ1n) is 12.7. The number of nitrogens with zero attached hydrogens (tertiary/aromatic N) is 3. The second kappa shape index (κ2) is 11.5. The van der Waals surface area contributed by atoms with Crippen molar-refractivity contribution in [1.29, 1.82) is 5.26 Å². The molecule has 1 unspecified atom stereocenters. The van der Waals surface area contributed by atoms with E-state index in [-0.39, 0.29) is 12.6 Å². The zero-order valence-corrected chi connectivity index (χ0v) is 21.8. The molecule has 3 heterocycles. The van der Waals surface area contributed by atoms with E-state index in [9.17, 15) is 18.4 Å². The normalized spacial score (nSPS) is 15.5. The molecule has 1 saturated heterocycles. The predicted molar refractivity (Wildman–Crippen MR) is 142 cm³/mol. The Bertz CT molecular complexity index is 1350. The van der Waals surface area contributed by atoms with Crippen LogP contribution in [0.2, 0.25) is 0 Å². The van der Waals surface area contributed by atoms with Gasteiger partial charge in [-0.25, -0.2) is 0 Å². The molecule has 0 saturated carbocycles. The Labute approximate surface area is 221 Å². The first-order chi connectivity index (χ1) is 18.1. The van der Waals surface area contributed by atoms with E-state index in [1.807, 2.05) is 12.1 Å². The summed E-state index contributed by atoms with van der Waals surface area (Å²) in [4.78, 5) is 4.33. The van der Waals surface area contributed by atoms with Gasteiger partial charge in [0.15, 0.2) is 0 Å². The maximum atomic E-state index is 13.4. The molecule has 2 aromatic heterocycles. The van der Waals surface area contributed by atoms with Crippen LogP contribution in [0, 0.1) is 23.2 Å². The van der Waals surface area contributed by atoms with Gasteiger partial charge in [0, 0.05) is 36.2 Å². The number of ether oxygens (including phenoxy) is 1. The lowest BCUT2D eigenvalue weighted by atomic mass is 9.91. The minimum absolute atomic E-state index is 0.0610. The van der Waals surface area contributed by atoms with E-state index in [0.29, 0.717) is 28.6 Å². The van der Waals surface area contributed by atoms with E-state index >= 15 is 0 Å². The van der Waals surface area contributed by atoms with Crippen LogP contribution >= 0.6 is 0 Å². The number of rotatable bonds is 7. The quantitative estimate of drug-likeness (QED) is 0.389. The number of halogens is 3. The van der Waals surface area contributed by atoms with Gasteiger partial charge in [-0.2, -0.15) is 18.4 Å². The third-order valence-corrected chi connectivity index (χ3v) is 6.75.